The highest BCUT2D eigenvalue weighted by Crippen LogP contribution is 2.22. The van der Waals surface area contributed by atoms with Crippen molar-refractivity contribution in [3.05, 3.63) is 23.9 Å². The third-order valence-electron chi connectivity index (χ3n) is 3.96. The van der Waals surface area contributed by atoms with Gasteiger partial charge in [0.05, 0.1) is 0 Å². The third kappa shape index (κ3) is 3.45. The zero-order valence-corrected chi connectivity index (χ0v) is 12.3. The lowest BCUT2D eigenvalue weighted by molar-refractivity contribution is 0.212. The molecule has 2 atom stereocenters. The summed E-state index contributed by atoms with van der Waals surface area (Å²) in [6.07, 6.45) is 3.97. The number of aromatic nitrogens is 1. The van der Waals surface area contributed by atoms with Gasteiger partial charge < -0.3 is 10.6 Å². The van der Waals surface area contributed by atoms with Crippen LogP contribution in [0.2, 0.25) is 0 Å². The molecule has 4 nitrogen and oxygen atoms in total. The molecule has 1 aliphatic heterocycles. The lowest BCUT2D eigenvalue weighted by Gasteiger charge is -2.40. The molecule has 106 valence electrons. The van der Waals surface area contributed by atoms with Crippen LogP contribution in [0.1, 0.15) is 25.8 Å². The van der Waals surface area contributed by atoms with Gasteiger partial charge in [-0.25, -0.2) is 4.98 Å². The second kappa shape index (κ2) is 6.35. The van der Waals surface area contributed by atoms with Crippen molar-refractivity contribution in [2.24, 2.45) is 5.73 Å². The minimum absolute atomic E-state index is 0.178. The average Bonchev–Trinajstić information content (AvgIpc) is 2.39. The molecule has 4 heteroatoms. The van der Waals surface area contributed by atoms with Gasteiger partial charge in [-0.1, -0.05) is 13.0 Å². The maximum atomic E-state index is 5.94. The number of likely N-dealkylation sites (N-methyl/N-ethyl adjacent to an activating group) is 1. The number of hydrogen-bond donors (Lipinski definition) is 1. The van der Waals surface area contributed by atoms with Crippen LogP contribution >= 0.6 is 0 Å². The second-order valence-corrected chi connectivity index (χ2v) is 5.66. The number of rotatable bonds is 4. The van der Waals surface area contributed by atoms with Crippen molar-refractivity contribution in [3.63, 3.8) is 0 Å². The second-order valence-electron chi connectivity index (χ2n) is 5.66. The van der Waals surface area contributed by atoms with Crippen molar-refractivity contribution in [2.75, 3.05) is 31.6 Å². The number of anilines is 1. The van der Waals surface area contributed by atoms with Crippen molar-refractivity contribution < 1.29 is 0 Å². The molecule has 0 spiro atoms. The quantitative estimate of drug-likeness (QED) is 0.893. The molecule has 0 radical (unpaired) electrons. The molecule has 2 unspecified atom stereocenters. The normalized spacial score (nSPS) is 22.5. The minimum Gasteiger partial charge on any atom is -0.354 e. The Morgan fingerprint density at radius 2 is 2.26 bits per heavy atom. The molecule has 0 aliphatic carbocycles. The van der Waals surface area contributed by atoms with Gasteiger partial charge in [0.2, 0.25) is 0 Å². The Morgan fingerprint density at radius 3 is 2.95 bits per heavy atom. The largest absolute Gasteiger partial charge is 0.354 e. The molecule has 2 heterocycles. The molecule has 19 heavy (non-hydrogen) atoms. The molecule has 0 amide bonds. The highest BCUT2D eigenvalue weighted by molar-refractivity contribution is 5.47. The molecule has 0 saturated carbocycles. The molecule has 1 fully saturated rings. The lowest BCUT2D eigenvalue weighted by Crippen LogP contribution is -2.51. The summed E-state index contributed by atoms with van der Waals surface area (Å²) < 4.78 is 0. The first-order chi connectivity index (χ1) is 9.11. The summed E-state index contributed by atoms with van der Waals surface area (Å²) in [5, 5.41) is 0. The van der Waals surface area contributed by atoms with E-state index in [4.69, 9.17) is 5.73 Å². The van der Waals surface area contributed by atoms with Crippen molar-refractivity contribution >= 4 is 5.82 Å². The molecule has 1 aliphatic rings. The van der Waals surface area contributed by atoms with Crippen LogP contribution in [0, 0.1) is 0 Å². The van der Waals surface area contributed by atoms with Gasteiger partial charge in [0.25, 0.3) is 0 Å². The molecule has 1 saturated heterocycles. The van der Waals surface area contributed by atoms with E-state index in [1.807, 2.05) is 12.3 Å². The van der Waals surface area contributed by atoms with E-state index >= 15 is 0 Å². The average molecular weight is 262 g/mol. The fraction of sp³-hybridized carbons (Fsp3) is 0.667. The molecule has 2 rings (SSSR count). The Hall–Kier alpha value is -1.13. The van der Waals surface area contributed by atoms with Crippen LogP contribution in [0.4, 0.5) is 5.82 Å². The zero-order chi connectivity index (χ0) is 13.8. The smallest absolute Gasteiger partial charge is 0.131 e. The molecule has 2 N–H and O–H groups in total. The molecule has 1 aromatic rings. The summed E-state index contributed by atoms with van der Waals surface area (Å²) in [4.78, 5) is 9.47. The van der Waals surface area contributed by atoms with Gasteiger partial charge >= 0.3 is 0 Å². The number of nitrogens with zero attached hydrogens (tertiary/aromatic N) is 3. The van der Waals surface area contributed by atoms with Gasteiger partial charge in [0, 0.05) is 37.9 Å². The summed E-state index contributed by atoms with van der Waals surface area (Å²) in [7, 11) is 2.22. The van der Waals surface area contributed by atoms with Gasteiger partial charge in [0.1, 0.15) is 5.82 Å². The Bertz CT molecular complexity index is 405. The van der Waals surface area contributed by atoms with Crippen LogP contribution < -0.4 is 10.6 Å². The SMILES string of the molecule is CCC1CN(c2ncccc2CC(C)N)CCN1C. The van der Waals surface area contributed by atoms with Crippen molar-refractivity contribution in [1.29, 1.82) is 0 Å². The van der Waals surface area contributed by atoms with E-state index in [1.54, 1.807) is 0 Å². The molecule has 0 bridgehead atoms. The third-order valence-corrected chi connectivity index (χ3v) is 3.96. The van der Waals surface area contributed by atoms with Gasteiger partial charge in [-0.3, -0.25) is 4.90 Å². The number of nitrogens with two attached hydrogens (primary N) is 1. The van der Waals surface area contributed by atoms with E-state index in [9.17, 15) is 0 Å². The first-order valence-electron chi connectivity index (χ1n) is 7.26. The number of hydrogen-bond acceptors (Lipinski definition) is 4. The van der Waals surface area contributed by atoms with Crippen molar-refractivity contribution in [1.82, 2.24) is 9.88 Å². The van der Waals surface area contributed by atoms with E-state index < -0.39 is 0 Å². The molecular formula is C15H26N4. The summed E-state index contributed by atoms with van der Waals surface area (Å²) in [6, 6.07) is 4.97. The van der Waals surface area contributed by atoms with Gasteiger partial charge in [-0.05, 0) is 38.4 Å². The topological polar surface area (TPSA) is 45.4 Å². The highest BCUT2D eigenvalue weighted by atomic mass is 15.3. The van der Waals surface area contributed by atoms with Crippen LogP contribution in [-0.2, 0) is 6.42 Å². The Kier molecular flexibility index (Phi) is 4.77. The molecule has 1 aromatic heterocycles. The van der Waals surface area contributed by atoms with Crippen LogP contribution in [0.3, 0.4) is 0 Å². The first kappa shape index (κ1) is 14.3. The van der Waals surface area contributed by atoms with Crippen molar-refractivity contribution in [2.45, 2.75) is 38.8 Å². The monoisotopic (exact) mass is 262 g/mol. The van der Waals surface area contributed by atoms with Crippen LogP contribution in [-0.4, -0.2) is 48.6 Å². The summed E-state index contributed by atoms with van der Waals surface area (Å²) in [6.45, 7) is 7.53. The van der Waals surface area contributed by atoms with Crippen molar-refractivity contribution in [3.8, 4) is 0 Å². The van der Waals surface area contributed by atoms with E-state index in [2.05, 4.69) is 41.7 Å². The summed E-state index contributed by atoms with van der Waals surface area (Å²) >= 11 is 0. The maximum Gasteiger partial charge on any atom is 0.131 e. The Labute approximate surface area is 116 Å². The maximum absolute atomic E-state index is 5.94. The zero-order valence-electron chi connectivity index (χ0n) is 12.3. The summed E-state index contributed by atoms with van der Waals surface area (Å²) in [5.74, 6) is 1.13. The standard InChI is InChI=1S/C15H26N4/c1-4-14-11-19(9-8-18(14)3)15-13(10-12(2)16)6-5-7-17-15/h5-7,12,14H,4,8-11,16H2,1-3H3. The number of piperazine rings is 1. The van der Waals surface area contributed by atoms with Gasteiger partial charge in [-0.2, -0.15) is 0 Å². The van der Waals surface area contributed by atoms with E-state index in [0.29, 0.717) is 6.04 Å². The predicted molar refractivity (Wildman–Crippen MR) is 80.5 cm³/mol. The van der Waals surface area contributed by atoms with Crippen LogP contribution in [0.5, 0.6) is 0 Å². The fourth-order valence-corrected chi connectivity index (χ4v) is 2.80. The Morgan fingerprint density at radius 1 is 1.47 bits per heavy atom. The fourth-order valence-electron chi connectivity index (χ4n) is 2.80. The number of pyridine rings is 1. The van der Waals surface area contributed by atoms with E-state index in [-0.39, 0.29) is 6.04 Å². The lowest BCUT2D eigenvalue weighted by atomic mass is 10.1. The van der Waals surface area contributed by atoms with E-state index in [1.165, 1.54) is 12.0 Å². The Balaban J connectivity index is 2.17. The highest BCUT2D eigenvalue weighted by Gasteiger charge is 2.25. The van der Waals surface area contributed by atoms with E-state index in [0.717, 1.165) is 31.9 Å². The van der Waals surface area contributed by atoms with Crippen LogP contribution in [0.25, 0.3) is 0 Å². The molecule has 0 aromatic carbocycles. The summed E-state index contributed by atoms with van der Waals surface area (Å²) in [5.41, 5.74) is 7.22. The minimum atomic E-state index is 0.178. The van der Waals surface area contributed by atoms with Crippen LogP contribution in [0.15, 0.2) is 18.3 Å². The van der Waals surface area contributed by atoms with Gasteiger partial charge in [-0.15, -0.1) is 0 Å². The molecular weight excluding hydrogens is 236 g/mol. The van der Waals surface area contributed by atoms with Gasteiger partial charge in [0.15, 0.2) is 0 Å². The predicted octanol–water partition coefficient (Wildman–Crippen LogP) is 1.50. The first-order valence-corrected chi connectivity index (χ1v) is 7.26.